The molecule has 74 valence electrons. The third-order valence-electron chi connectivity index (χ3n) is 2.58. The van der Waals surface area contributed by atoms with Gasteiger partial charge in [-0.25, -0.2) is 4.79 Å². The van der Waals surface area contributed by atoms with Gasteiger partial charge in [0.15, 0.2) is 0 Å². The minimum Gasteiger partial charge on any atom is -0.478 e. The van der Waals surface area contributed by atoms with Crippen molar-refractivity contribution in [2.75, 3.05) is 0 Å². The standard InChI is InChI=1S/C10H10INO2/c11-8-4-5(10(13)14)3-7-6(8)1-2-9(7)12/h3-4,9H,1-2,12H2,(H,13,14)/t9-/m0/s1. The molecule has 1 aliphatic carbocycles. The Labute approximate surface area is 95.4 Å². The molecule has 0 amide bonds. The van der Waals surface area contributed by atoms with E-state index < -0.39 is 5.97 Å². The molecule has 0 radical (unpaired) electrons. The number of halogens is 1. The number of hydrogen-bond acceptors (Lipinski definition) is 2. The summed E-state index contributed by atoms with van der Waals surface area (Å²) in [5, 5.41) is 8.88. The minimum atomic E-state index is -0.884. The van der Waals surface area contributed by atoms with Gasteiger partial charge in [-0.3, -0.25) is 0 Å². The number of rotatable bonds is 1. The van der Waals surface area contributed by atoms with Gasteiger partial charge in [-0.2, -0.15) is 0 Å². The first kappa shape index (κ1) is 9.92. The maximum absolute atomic E-state index is 10.8. The van der Waals surface area contributed by atoms with E-state index in [1.165, 1.54) is 5.56 Å². The fourth-order valence-corrected chi connectivity index (χ4v) is 2.75. The Morgan fingerprint density at radius 2 is 2.29 bits per heavy atom. The lowest BCUT2D eigenvalue weighted by atomic mass is 10.0. The summed E-state index contributed by atoms with van der Waals surface area (Å²) in [6.07, 6.45) is 1.89. The largest absolute Gasteiger partial charge is 0.478 e. The molecule has 1 atom stereocenters. The zero-order chi connectivity index (χ0) is 10.3. The van der Waals surface area contributed by atoms with Crippen molar-refractivity contribution < 1.29 is 9.90 Å². The predicted molar refractivity (Wildman–Crippen MR) is 61.4 cm³/mol. The molecule has 0 fully saturated rings. The van der Waals surface area contributed by atoms with E-state index in [4.69, 9.17) is 10.8 Å². The Kier molecular flexibility index (Phi) is 2.48. The molecular formula is C10H10INO2. The highest BCUT2D eigenvalue weighted by atomic mass is 127. The second-order valence-corrected chi connectivity index (χ2v) is 4.64. The third-order valence-corrected chi connectivity index (χ3v) is 3.54. The summed E-state index contributed by atoms with van der Waals surface area (Å²) in [4.78, 5) is 10.8. The first-order valence-electron chi connectivity index (χ1n) is 4.41. The molecule has 0 unspecified atom stereocenters. The molecule has 1 aromatic rings. The van der Waals surface area contributed by atoms with Crippen LogP contribution >= 0.6 is 22.6 Å². The fraction of sp³-hybridized carbons (Fsp3) is 0.300. The normalized spacial score (nSPS) is 19.4. The summed E-state index contributed by atoms with van der Waals surface area (Å²) < 4.78 is 1.02. The highest BCUT2D eigenvalue weighted by Gasteiger charge is 2.22. The van der Waals surface area contributed by atoms with Crippen LogP contribution in [0.2, 0.25) is 0 Å². The quantitative estimate of drug-likeness (QED) is 0.779. The van der Waals surface area contributed by atoms with E-state index >= 15 is 0 Å². The van der Waals surface area contributed by atoms with Gasteiger partial charge in [0.05, 0.1) is 5.56 Å². The van der Waals surface area contributed by atoms with Crippen molar-refractivity contribution in [1.29, 1.82) is 0 Å². The average molecular weight is 303 g/mol. The van der Waals surface area contributed by atoms with E-state index in [9.17, 15) is 4.79 Å². The Balaban J connectivity index is 2.58. The smallest absolute Gasteiger partial charge is 0.335 e. The molecule has 2 rings (SSSR count). The van der Waals surface area contributed by atoms with Gasteiger partial charge in [-0.15, -0.1) is 0 Å². The first-order valence-corrected chi connectivity index (χ1v) is 5.48. The summed E-state index contributed by atoms with van der Waals surface area (Å²) in [6, 6.07) is 3.43. The van der Waals surface area contributed by atoms with Gasteiger partial charge in [0.1, 0.15) is 0 Å². The molecule has 0 spiro atoms. The molecule has 3 nitrogen and oxygen atoms in total. The SMILES string of the molecule is N[C@H]1CCc2c(I)cc(C(=O)O)cc21. The Hall–Kier alpha value is -0.620. The summed E-state index contributed by atoms with van der Waals surface area (Å²) >= 11 is 2.18. The maximum atomic E-state index is 10.8. The zero-order valence-electron chi connectivity index (χ0n) is 7.46. The van der Waals surface area contributed by atoms with Crippen LogP contribution in [0, 0.1) is 3.57 Å². The van der Waals surface area contributed by atoms with Crippen molar-refractivity contribution in [3.63, 3.8) is 0 Å². The third kappa shape index (κ3) is 1.52. The first-order chi connectivity index (χ1) is 6.59. The molecule has 1 aliphatic rings. The molecule has 0 bridgehead atoms. The number of aromatic carboxylic acids is 1. The predicted octanol–water partition coefficient (Wildman–Crippen LogP) is 1.94. The van der Waals surface area contributed by atoms with Crippen LogP contribution in [0.25, 0.3) is 0 Å². The summed E-state index contributed by atoms with van der Waals surface area (Å²) in [5.41, 5.74) is 8.46. The van der Waals surface area contributed by atoms with Crippen LogP contribution in [-0.4, -0.2) is 11.1 Å². The Morgan fingerprint density at radius 1 is 1.57 bits per heavy atom. The van der Waals surface area contributed by atoms with Crippen molar-refractivity contribution in [2.24, 2.45) is 5.73 Å². The monoisotopic (exact) mass is 303 g/mol. The molecule has 1 aromatic carbocycles. The van der Waals surface area contributed by atoms with Crippen molar-refractivity contribution in [2.45, 2.75) is 18.9 Å². The van der Waals surface area contributed by atoms with Crippen LogP contribution in [0.15, 0.2) is 12.1 Å². The molecule has 3 N–H and O–H groups in total. The fourth-order valence-electron chi connectivity index (χ4n) is 1.83. The van der Waals surface area contributed by atoms with Gasteiger partial charge in [-0.05, 0) is 58.7 Å². The topological polar surface area (TPSA) is 63.3 Å². The molecule has 0 heterocycles. The number of nitrogens with two attached hydrogens (primary N) is 1. The summed E-state index contributed by atoms with van der Waals surface area (Å²) in [5.74, 6) is -0.884. The van der Waals surface area contributed by atoms with E-state index in [0.717, 1.165) is 22.0 Å². The minimum absolute atomic E-state index is 0.0119. The van der Waals surface area contributed by atoms with Crippen molar-refractivity contribution in [3.8, 4) is 0 Å². The molecule has 0 saturated carbocycles. The van der Waals surface area contributed by atoms with Crippen molar-refractivity contribution in [1.82, 2.24) is 0 Å². The van der Waals surface area contributed by atoms with Crippen LogP contribution in [-0.2, 0) is 6.42 Å². The van der Waals surface area contributed by atoms with Crippen LogP contribution < -0.4 is 5.73 Å². The number of carbonyl (C=O) groups is 1. The van der Waals surface area contributed by atoms with E-state index in [1.54, 1.807) is 12.1 Å². The van der Waals surface area contributed by atoms with E-state index in [-0.39, 0.29) is 6.04 Å². The Morgan fingerprint density at radius 3 is 2.93 bits per heavy atom. The lowest BCUT2D eigenvalue weighted by Crippen LogP contribution is -2.07. The highest BCUT2D eigenvalue weighted by molar-refractivity contribution is 14.1. The number of hydrogen-bond donors (Lipinski definition) is 2. The maximum Gasteiger partial charge on any atom is 0.335 e. The average Bonchev–Trinajstić information content (AvgIpc) is 2.48. The number of carboxylic acids is 1. The number of benzene rings is 1. The second-order valence-electron chi connectivity index (χ2n) is 3.48. The molecule has 0 saturated heterocycles. The highest BCUT2D eigenvalue weighted by Crippen LogP contribution is 2.33. The number of carboxylic acid groups (broad SMARTS) is 1. The van der Waals surface area contributed by atoms with Crippen LogP contribution in [0.1, 0.15) is 33.9 Å². The van der Waals surface area contributed by atoms with Crippen LogP contribution in [0.5, 0.6) is 0 Å². The zero-order valence-corrected chi connectivity index (χ0v) is 9.61. The molecular weight excluding hydrogens is 293 g/mol. The van der Waals surface area contributed by atoms with E-state index in [2.05, 4.69) is 22.6 Å². The summed E-state index contributed by atoms with van der Waals surface area (Å²) in [7, 11) is 0. The lowest BCUT2D eigenvalue weighted by Gasteiger charge is -2.07. The Bertz CT molecular complexity index is 403. The lowest BCUT2D eigenvalue weighted by molar-refractivity contribution is 0.0696. The van der Waals surface area contributed by atoms with E-state index in [0.29, 0.717) is 5.56 Å². The summed E-state index contributed by atoms with van der Waals surface area (Å²) in [6.45, 7) is 0. The van der Waals surface area contributed by atoms with Crippen LogP contribution in [0.4, 0.5) is 0 Å². The van der Waals surface area contributed by atoms with Gasteiger partial charge in [-0.1, -0.05) is 0 Å². The van der Waals surface area contributed by atoms with Gasteiger partial charge >= 0.3 is 5.97 Å². The van der Waals surface area contributed by atoms with Gasteiger partial charge < -0.3 is 10.8 Å². The molecule has 0 aromatic heterocycles. The number of fused-ring (bicyclic) bond motifs is 1. The van der Waals surface area contributed by atoms with Gasteiger partial charge in [0.2, 0.25) is 0 Å². The van der Waals surface area contributed by atoms with Crippen LogP contribution in [0.3, 0.4) is 0 Å². The van der Waals surface area contributed by atoms with Gasteiger partial charge in [0, 0.05) is 9.61 Å². The second kappa shape index (κ2) is 3.51. The molecule has 4 heteroatoms. The van der Waals surface area contributed by atoms with Crippen molar-refractivity contribution in [3.05, 3.63) is 32.4 Å². The molecule has 0 aliphatic heterocycles. The van der Waals surface area contributed by atoms with Crippen molar-refractivity contribution >= 4 is 28.6 Å². The van der Waals surface area contributed by atoms with E-state index in [1.807, 2.05) is 0 Å². The molecule has 14 heavy (non-hydrogen) atoms. The van der Waals surface area contributed by atoms with Gasteiger partial charge in [0.25, 0.3) is 0 Å².